The molecule has 1 aliphatic carbocycles. The van der Waals surface area contributed by atoms with Gasteiger partial charge >= 0.3 is 0 Å². The van der Waals surface area contributed by atoms with Gasteiger partial charge in [-0.2, -0.15) is 0 Å². The first kappa shape index (κ1) is 12.1. The van der Waals surface area contributed by atoms with Gasteiger partial charge in [-0.05, 0) is 57.2 Å². The molecule has 3 nitrogen and oxygen atoms in total. The lowest BCUT2D eigenvalue weighted by Crippen LogP contribution is -2.31. The van der Waals surface area contributed by atoms with Gasteiger partial charge in [-0.1, -0.05) is 6.42 Å². The normalized spacial score (nSPS) is 20.7. The van der Waals surface area contributed by atoms with Crippen molar-refractivity contribution in [2.75, 3.05) is 19.6 Å². The van der Waals surface area contributed by atoms with Gasteiger partial charge < -0.3 is 4.90 Å². The van der Waals surface area contributed by atoms with Crippen molar-refractivity contribution in [3.8, 4) is 0 Å². The molecule has 0 bridgehead atoms. The number of aryl methyl sites for hydroxylation is 2. The molecule has 0 radical (unpaired) electrons. The lowest BCUT2D eigenvalue weighted by atomic mass is 9.97. The standard InChI is InChI=1S/C15H23N3/c1-4-9-18(10-5-1)11-8-15-16-12-13-6-2-3-7-14(13)17-15/h12H,1-11H2. The van der Waals surface area contributed by atoms with Gasteiger partial charge in [0, 0.05) is 24.9 Å². The summed E-state index contributed by atoms with van der Waals surface area (Å²) in [7, 11) is 0. The van der Waals surface area contributed by atoms with E-state index in [0.29, 0.717) is 0 Å². The third-order valence-corrected chi connectivity index (χ3v) is 4.21. The fraction of sp³-hybridized carbons (Fsp3) is 0.733. The summed E-state index contributed by atoms with van der Waals surface area (Å²) < 4.78 is 0. The van der Waals surface area contributed by atoms with Crippen LogP contribution in [0.25, 0.3) is 0 Å². The van der Waals surface area contributed by atoms with Crippen molar-refractivity contribution in [2.24, 2.45) is 0 Å². The van der Waals surface area contributed by atoms with Crippen LogP contribution in [0.2, 0.25) is 0 Å². The van der Waals surface area contributed by atoms with Crippen molar-refractivity contribution >= 4 is 0 Å². The third kappa shape index (κ3) is 2.89. The number of hydrogen-bond acceptors (Lipinski definition) is 3. The molecule has 1 aromatic rings. The lowest BCUT2D eigenvalue weighted by Gasteiger charge is -2.26. The predicted molar refractivity (Wildman–Crippen MR) is 72.7 cm³/mol. The second-order valence-corrected chi connectivity index (χ2v) is 5.62. The van der Waals surface area contributed by atoms with Crippen molar-refractivity contribution in [1.29, 1.82) is 0 Å². The van der Waals surface area contributed by atoms with E-state index in [4.69, 9.17) is 4.98 Å². The van der Waals surface area contributed by atoms with Crippen molar-refractivity contribution in [3.05, 3.63) is 23.3 Å². The molecule has 0 saturated carbocycles. The van der Waals surface area contributed by atoms with Crippen LogP contribution in [0.3, 0.4) is 0 Å². The van der Waals surface area contributed by atoms with Gasteiger partial charge in [0.25, 0.3) is 0 Å². The van der Waals surface area contributed by atoms with E-state index in [2.05, 4.69) is 16.1 Å². The van der Waals surface area contributed by atoms with Gasteiger partial charge in [0.2, 0.25) is 0 Å². The summed E-state index contributed by atoms with van der Waals surface area (Å²) in [4.78, 5) is 11.9. The molecule has 1 saturated heterocycles. The highest BCUT2D eigenvalue weighted by Gasteiger charge is 2.13. The Morgan fingerprint density at radius 3 is 2.72 bits per heavy atom. The number of rotatable bonds is 3. The van der Waals surface area contributed by atoms with Gasteiger partial charge in [0.15, 0.2) is 0 Å². The molecule has 18 heavy (non-hydrogen) atoms. The number of nitrogens with zero attached hydrogens (tertiary/aromatic N) is 3. The summed E-state index contributed by atoms with van der Waals surface area (Å²) in [6.45, 7) is 3.68. The molecule has 0 spiro atoms. The molecule has 2 aliphatic rings. The Morgan fingerprint density at radius 2 is 1.83 bits per heavy atom. The molecule has 2 heterocycles. The SMILES string of the molecule is c1nc(CCN2CCCCC2)nc2c1CCCC2. The minimum Gasteiger partial charge on any atom is -0.303 e. The predicted octanol–water partition coefficient (Wildman–Crippen LogP) is 2.38. The van der Waals surface area contributed by atoms with Crippen LogP contribution in [-0.4, -0.2) is 34.5 Å². The summed E-state index contributed by atoms with van der Waals surface area (Å²) in [6.07, 6.45) is 12.2. The zero-order chi connectivity index (χ0) is 12.2. The second-order valence-electron chi connectivity index (χ2n) is 5.62. The Hall–Kier alpha value is -0.960. The molecule has 1 aliphatic heterocycles. The minimum absolute atomic E-state index is 1.02. The van der Waals surface area contributed by atoms with E-state index in [1.54, 1.807) is 0 Å². The molecule has 0 aromatic carbocycles. The van der Waals surface area contributed by atoms with Crippen LogP contribution < -0.4 is 0 Å². The summed E-state index contributed by atoms with van der Waals surface area (Å²) in [5.74, 6) is 1.06. The molecule has 3 heteroatoms. The van der Waals surface area contributed by atoms with Crippen LogP contribution in [0.5, 0.6) is 0 Å². The van der Waals surface area contributed by atoms with Gasteiger partial charge in [-0.15, -0.1) is 0 Å². The molecule has 0 N–H and O–H groups in total. The average Bonchev–Trinajstić information content (AvgIpc) is 2.46. The Kier molecular flexibility index (Phi) is 3.89. The number of piperidine rings is 1. The van der Waals surface area contributed by atoms with Crippen LogP contribution in [0.1, 0.15) is 49.2 Å². The number of aromatic nitrogens is 2. The van der Waals surface area contributed by atoms with Crippen LogP contribution >= 0.6 is 0 Å². The Labute approximate surface area is 110 Å². The largest absolute Gasteiger partial charge is 0.303 e. The number of hydrogen-bond donors (Lipinski definition) is 0. The fourth-order valence-electron chi connectivity index (χ4n) is 3.08. The van der Waals surface area contributed by atoms with E-state index in [9.17, 15) is 0 Å². The van der Waals surface area contributed by atoms with E-state index >= 15 is 0 Å². The maximum absolute atomic E-state index is 4.76. The first-order valence-electron chi connectivity index (χ1n) is 7.48. The molecule has 0 unspecified atom stereocenters. The molecule has 98 valence electrons. The molecule has 0 amide bonds. The molecular weight excluding hydrogens is 222 g/mol. The zero-order valence-electron chi connectivity index (χ0n) is 11.2. The zero-order valence-corrected chi connectivity index (χ0v) is 11.2. The van der Waals surface area contributed by atoms with Crippen molar-refractivity contribution in [1.82, 2.24) is 14.9 Å². The highest BCUT2D eigenvalue weighted by atomic mass is 15.1. The second kappa shape index (κ2) is 5.79. The maximum Gasteiger partial charge on any atom is 0.129 e. The van der Waals surface area contributed by atoms with Gasteiger partial charge in [0.1, 0.15) is 5.82 Å². The van der Waals surface area contributed by atoms with E-state index in [0.717, 1.165) is 25.2 Å². The quantitative estimate of drug-likeness (QED) is 0.818. The molecule has 0 atom stereocenters. The third-order valence-electron chi connectivity index (χ3n) is 4.21. The number of likely N-dealkylation sites (tertiary alicyclic amines) is 1. The summed E-state index contributed by atoms with van der Waals surface area (Å²) in [5.41, 5.74) is 2.72. The molecular formula is C15H23N3. The van der Waals surface area contributed by atoms with Crippen LogP contribution in [0.15, 0.2) is 6.20 Å². The van der Waals surface area contributed by atoms with Gasteiger partial charge in [-0.3, -0.25) is 0 Å². The van der Waals surface area contributed by atoms with Crippen molar-refractivity contribution in [2.45, 2.75) is 51.4 Å². The Balaban J connectivity index is 1.58. The van der Waals surface area contributed by atoms with Gasteiger partial charge in [0.05, 0.1) is 0 Å². The Bertz CT molecular complexity index is 397. The topological polar surface area (TPSA) is 29.0 Å². The molecule has 1 fully saturated rings. The Morgan fingerprint density at radius 1 is 1.00 bits per heavy atom. The lowest BCUT2D eigenvalue weighted by molar-refractivity contribution is 0.230. The van der Waals surface area contributed by atoms with Crippen LogP contribution in [-0.2, 0) is 19.3 Å². The van der Waals surface area contributed by atoms with E-state index in [-0.39, 0.29) is 0 Å². The minimum atomic E-state index is 1.02. The number of fused-ring (bicyclic) bond motifs is 1. The summed E-state index contributed by atoms with van der Waals surface area (Å²) in [6, 6.07) is 0. The van der Waals surface area contributed by atoms with E-state index < -0.39 is 0 Å². The first-order chi connectivity index (χ1) is 8.92. The summed E-state index contributed by atoms with van der Waals surface area (Å²) >= 11 is 0. The van der Waals surface area contributed by atoms with Crippen LogP contribution in [0.4, 0.5) is 0 Å². The van der Waals surface area contributed by atoms with Crippen molar-refractivity contribution < 1.29 is 0 Å². The maximum atomic E-state index is 4.76. The average molecular weight is 245 g/mol. The highest BCUT2D eigenvalue weighted by Crippen LogP contribution is 2.18. The van der Waals surface area contributed by atoms with E-state index in [1.807, 2.05) is 0 Å². The summed E-state index contributed by atoms with van der Waals surface area (Å²) in [5, 5.41) is 0. The fourth-order valence-corrected chi connectivity index (χ4v) is 3.08. The van der Waals surface area contributed by atoms with Crippen LogP contribution in [0, 0.1) is 0 Å². The van der Waals surface area contributed by atoms with Crippen molar-refractivity contribution in [3.63, 3.8) is 0 Å². The molecule has 1 aromatic heterocycles. The first-order valence-corrected chi connectivity index (χ1v) is 7.48. The highest BCUT2D eigenvalue weighted by molar-refractivity contribution is 5.20. The molecule has 3 rings (SSSR count). The van der Waals surface area contributed by atoms with Gasteiger partial charge in [-0.25, -0.2) is 9.97 Å². The monoisotopic (exact) mass is 245 g/mol. The van der Waals surface area contributed by atoms with E-state index in [1.165, 1.54) is 62.9 Å². The smallest absolute Gasteiger partial charge is 0.129 e.